The molecule has 1 aliphatic carbocycles. The van der Waals surface area contributed by atoms with Crippen molar-refractivity contribution in [3.05, 3.63) is 48.0 Å². The van der Waals surface area contributed by atoms with Crippen LogP contribution in [0.5, 0.6) is 0 Å². The molecule has 0 unspecified atom stereocenters. The van der Waals surface area contributed by atoms with Crippen molar-refractivity contribution in [2.24, 2.45) is 0 Å². The minimum absolute atomic E-state index is 0.0637. The first kappa shape index (κ1) is 21.2. The molecule has 1 amide bonds. The monoisotopic (exact) mass is 434 g/mol. The minimum Gasteiger partial charge on any atom is -0.368 e. The fraction of sp³-hybridized carbons (Fsp3) is 0.476. The second-order valence-electron chi connectivity index (χ2n) is 8.23. The Labute approximate surface area is 177 Å². The van der Waals surface area contributed by atoms with Gasteiger partial charge in [-0.15, -0.1) is 0 Å². The molecule has 0 bridgehead atoms. The number of pyridine rings is 1. The van der Waals surface area contributed by atoms with Crippen molar-refractivity contribution in [2.45, 2.75) is 63.8 Å². The number of anilines is 1. The zero-order valence-electron chi connectivity index (χ0n) is 17.4. The normalized spacial score (nSPS) is 19.7. The number of nitrogens with one attached hydrogen (secondary N) is 2. The quantitative estimate of drug-likeness (QED) is 0.628. The second-order valence-corrected chi connectivity index (χ2v) is 8.23. The summed E-state index contributed by atoms with van der Waals surface area (Å²) in [6, 6.07) is 5.35. The Hall–Kier alpha value is -3.04. The summed E-state index contributed by atoms with van der Waals surface area (Å²) in [5.41, 5.74) is -0.115. The average Bonchev–Trinajstić information content (AvgIpc) is 3.37. The fourth-order valence-electron chi connectivity index (χ4n) is 3.86. The number of carbonyl (C=O) groups is 1. The van der Waals surface area contributed by atoms with Gasteiger partial charge >= 0.3 is 6.18 Å². The second kappa shape index (κ2) is 8.24. The smallest absolute Gasteiger partial charge is 0.368 e. The van der Waals surface area contributed by atoms with Crippen LogP contribution in [0.3, 0.4) is 0 Å². The summed E-state index contributed by atoms with van der Waals surface area (Å²) >= 11 is 0. The van der Waals surface area contributed by atoms with Gasteiger partial charge in [-0.3, -0.25) is 13.9 Å². The van der Waals surface area contributed by atoms with Crippen LogP contribution >= 0.6 is 0 Å². The Kier molecular flexibility index (Phi) is 5.63. The van der Waals surface area contributed by atoms with Crippen molar-refractivity contribution >= 4 is 17.4 Å². The van der Waals surface area contributed by atoms with Crippen molar-refractivity contribution in [3.63, 3.8) is 0 Å². The van der Waals surface area contributed by atoms with Crippen LogP contribution in [-0.4, -0.2) is 37.2 Å². The van der Waals surface area contributed by atoms with Crippen LogP contribution in [-0.2, 0) is 6.18 Å². The van der Waals surface area contributed by atoms with Gasteiger partial charge in [0, 0.05) is 30.5 Å². The molecule has 1 fully saturated rings. The highest BCUT2D eigenvalue weighted by molar-refractivity contribution is 5.93. The molecule has 0 radical (unpaired) electrons. The Bertz CT molecular complexity index is 1060. The molecular formula is C21H25F3N6O. The van der Waals surface area contributed by atoms with Crippen LogP contribution in [0.25, 0.3) is 5.65 Å². The number of halogens is 3. The highest BCUT2D eigenvalue weighted by atomic mass is 19.4. The molecule has 3 aromatic rings. The number of hydrogen-bond donors (Lipinski definition) is 2. The lowest BCUT2D eigenvalue weighted by atomic mass is 9.91. The van der Waals surface area contributed by atoms with Crippen LogP contribution in [0.2, 0.25) is 0 Å². The third-order valence-corrected chi connectivity index (χ3v) is 5.59. The zero-order valence-corrected chi connectivity index (χ0v) is 17.4. The summed E-state index contributed by atoms with van der Waals surface area (Å²) in [5.74, 6) is 0.445. The third-order valence-electron chi connectivity index (χ3n) is 5.59. The lowest BCUT2D eigenvalue weighted by molar-refractivity contribution is -0.140. The maximum absolute atomic E-state index is 13.0. The van der Waals surface area contributed by atoms with Crippen molar-refractivity contribution < 1.29 is 18.0 Å². The number of alkyl halides is 3. The molecule has 166 valence electrons. The van der Waals surface area contributed by atoms with Gasteiger partial charge in [-0.1, -0.05) is 6.07 Å². The van der Waals surface area contributed by atoms with Crippen LogP contribution in [0.1, 0.15) is 61.6 Å². The van der Waals surface area contributed by atoms with Crippen LogP contribution < -0.4 is 10.6 Å². The predicted molar refractivity (Wildman–Crippen MR) is 110 cm³/mol. The van der Waals surface area contributed by atoms with E-state index in [4.69, 9.17) is 0 Å². The topological polar surface area (TPSA) is 76.2 Å². The molecule has 0 aromatic carbocycles. The molecule has 1 saturated carbocycles. The standard InChI is InChI=1S/C21H25F3N6O/c1-13(2)30-11-14(10-25-30)20(31)27-16-8-6-15(7-9-16)26-18-4-3-5-19-28-17(12-29(18)19)21(22,23)24/h3-5,10-13,15-16,26H,6-9H2,1-2H3,(H,27,31). The van der Waals surface area contributed by atoms with Gasteiger partial charge in [0.2, 0.25) is 0 Å². The summed E-state index contributed by atoms with van der Waals surface area (Å²) in [5, 5.41) is 10.6. The number of rotatable bonds is 5. The first-order valence-electron chi connectivity index (χ1n) is 10.4. The largest absolute Gasteiger partial charge is 0.434 e. The fourth-order valence-corrected chi connectivity index (χ4v) is 3.86. The number of hydrogen-bond acceptors (Lipinski definition) is 4. The number of aromatic nitrogens is 4. The summed E-state index contributed by atoms with van der Waals surface area (Å²) in [7, 11) is 0. The number of nitrogens with zero attached hydrogens (tertiary/aromatic N) is 4. The van der Waals surface area contributed by atoms with Crippen molar-refractivity contribution in [1.82, 2.24) is 24.5 Å². The summed E-state index contributed by atoms with van der Waals surface area (Å²) < 4.78 is 42.2. The first-order chi connectivity index (χ1) is 14.7. The summed E-state index contributed by atoms with van der Waals surface area (Å²) in [6.07, 6.45) is 3.02. The highest BCUT2D eigenvalue weighted by Crippen LogP contribution is 2.30. The van der Waals surface area contributed by atoms with E-state index in [1.165, 1.54) is 4.40 Å². The van der Waals surface area contributed by atoms with Gasteiger partial charge < -0.3 is 10.6 Å². The van der Waals surface area contributed by atoms with E-state index in [9.17, 15) is 18.0 Å². The zero-order chi connectivity index (χ0) is 22.2. The Morgan fingerprint density at radius 3 is 2.48 bits per heavy atom. The lowest BCUT2D eigenvalue weighted by Gasteiger charge is -2.30. The molecule has 1 aliphatic rings. The summed E-state index contributed by atoms with van der Waals surface area (Å²) in [4.78, 5) is 16.1. The molecule has 0 spiro atoms. The molecule has 2 N–H and O–H groups in total. The molecule has 0 atom stereocenters. The van der Waals surface area contributed by atoms with Gasteiger partial charge in [0.15, 0.2) is 5.69 Å². The van der Waals surface area contributed by atoms with E-state index >= 15 is 0 Å². The third kappa shape index (κ3) is 4.67. The molecule has 31 heavy (non-hydrogen) atoms. The van der Waals surface area contributed by atoms with E-state index in [1.807, 2.05) is 13.8 Å². The van der Waals surface area contributed by atoms with E-state index in [-0.39, 0.29) is 29.7 Å². The molecular weight excluding hydrogens is 409 g/mol. The van der Waals surface area contributed by atoms with Gasteiger partial charge in [-0.25, -0.2) is 4.98 Å². The van der Waals surface area contributed by atoms with Crippen molar-refractivity contribution in [3.8, 4) is 0 Å². The van der Waals surface area contributed by atoms with Gasteiger partial charge in [-0.2, -0.15) is 18.3 Å². The Balaban J connectivity index is 1.35. The van der Waals surface area contributed by atoms with Crippen LogP contribution in [0, 0.1) is 0 Å². The molecule has 3 aromatic heterocycles. The van der Waals surface area contributed by atoms with Crippen molar-refractivity contribution in [1.29, 1.82) is 0 Å². The van der Waals surface area contributed by atoms with Crippen LogP contribution in [0.15, 0.2) is 36.8 Å². The van der Waals surface area contributed by atoms with Crippen LogP contribution in [0.4, 0.5) is 19.0 Å². The maximum Gasteiger partial charge on any atom is 0.434 e. The molecule has 3 heterocycles. The lowest BCUT2D eigenvalue weighted by Crippen LogP contribution is -2.40. The SMILES string of the molecule is CC(C)n1cc(C(=O)NC2CCC(Nc3cccc4nc(C(F)(F)F)cn34)CC2)cn1. The maximum atomic E-state index is 13.0. The van der Waals surface area contributed by atoms with E-state index in [1.54, 1.807) is 35.3 Å². The molecule has 10 heteroatoms. The van der Waals surface area contributed by atoms with E-state index in [2.05, 4.69) is 20.7 Å². The van der Waals surface area contributed by atoms with Crippen molar-refractivity contribution in [2.75, 3.05) is 5.32 Å². The van der Waals surface area contributed by atoms with E-state index in [0.29, 0.717) is 11.4 Å². The molecule has 7 nitrogen and oxygen atoms in total. The molecule has 4 rings (SSSR count). The number of fused-ring (bicyclic) bond motifs is 1. The molecule has 0 saturated heterocycles. The minimum atomic E-state index is -4.48. The van der Waals surface area contributed by atoms with Gasteiger partial charge in [-0.05, 0) is 51.7 Å². The summed E-state index contributed by atoms with van der Waals surface area (Å²) in [6.45, 7) is 3.99. The predicted octanol–water partition coefficient (Wildman–Crippen LogP) is 4.28. The van der Waals surface area contributed by atoms with E-state index < -0.39 is 11.9 Å². The molecule has 0 aliphatic heterocycles. The Morgan fingerprint density at radius 2 is 1.84 bits per heavy atom. The van der Waals surface area contributed by atoms with Gasteiger partial charge in [0.05, 0.1) is 11.8 Å². The number of carbonyl (C=O) groups excluding carboxylic acids is 1. The Morgan fingerprint density at radius 1 is 1.13 bits per heavy atom. The number of imidazole rings is 1. The van der Waals surface area contributed by atoms with Gasteiger partial charge in [0.25, 0.3) is 5.91 Å². The highest BCUT2D eigenvalue weighted by Gasteiger charge is 2.34. The number of amides is 1. The average molecular weight is 434 g/mol. The first-order valence-corrected chi connectivity index (χ1v) is 10.4. The van der Waals surface area contributed by atoms with Gasteiger partial charge in [0.1, 0.15) is 11.5 Å². The van der Waals surface area contributed by atoms with E-state index in [0.717, 1.165) is 31.9 Å².